The van der Waals surface area contributed by atoms with Crippen molar-refractivity contribution < 1.29 is 13.2 Å². The molecule has 1 aromatic carbocycles. The molecule has 35 heavy (non-hydrogen) atoms. The van der Waals surface area contributed by atoms with E-state index in [2.05, 4.69) is 27.4 Å². The highest BCUT2D eigenvalue weighted by atomic mass is 32.2. The third-order valence-corrected chi connectivity index (χ3v) is 9.81. The van der Waals surface area contributed by atoms with E-state index in [0.29, 0.717) is 24.0 Å². The number of rotatable bonds is 5. The molecule has 2 amide bonds. The molecule has 2 N–H and O–H groups in total. The maximum atomic E-state index is 12.6. The second-order valence-electron chi connectivity index (χ2n) is 9.95. The van der Waals surface area contributed by atoms with Gasteiger partial charge in [-0.1, -0.05) is 31.1 Å². The second kappa shape index (κ2) is 8.82. The van der Waals surface area contributed by atoms with E-state index in [1.807, 2.05) is 29.4 Å². The standard InChI is InChI=1S/C27H30N4O3S/c32-27(30-21-3-1-2-4-21)31-13-11-19(12-14-31)25-17-29-26-24(25)15-20(16-28-26)18-5-7-22(8-6-18)35(33,34)23-9-10-23/h5-8,11,15-17,21,23H,1-4,9-10,12-14H2,(H,28,29)(H,30,32). The Kier molecular flexibility index (Phi) is 5.63. The van der Waals surface area contributed by atoms with Crippen molar-refractivity contribution in [2.75, 3.05) is 13.1 Å². The quantitative estimate of drug-likeness (QED) is 0.531. The lowest BCUT2D eigenvalue weighted by Crippen LogP contribution is -2.45. The summed E-state index contributed by atoms with van der Waals surface area (Å²) in [5.41, 5.74) is 5.03. The Bertz CT molecular complexity index is 1400. The summed E-state index contributed by atoms with van der Waals surface area (Å²) in [4.78, 5) is 22.8. The van der Waals surface area contributed by atoms with E-state index in [-0.39, 0.29) is 11.3 Å². The number of fused-ring (bicyclic) bond motifs is 1. The van der Waals surface area contributed by atoms with Gasteiger partial charge in [-0.2, -0.15) is 0 Å². The number of hydrogen-bond acceptors (Lipinski definition) is 4. The first-order valence-electron chi connectivity index (χ1n) is 12.6. The Morgan fingerprint density at radius 3 is 2.51 bits per heavy atom. The van der Waals surface area contributed by atoms with Crippen molar-refractivity contribution in [3.8, 4) is 11.1 Å². The van der Waals surface area contributed by atoms with Gasteiger partial charge in [-0.3, -0.25) is 0 Å². The number of H-pyrrole nitrogens is 1. The molecule has 2 fully saturated rings. The highest BCUT2D eigenvalue weighted by Crippen LogP contribution is 2.35. The van der Waals surface area contributed by atoms with Crippen molar-refractivity contribution in [1.82, 2.24) is 20.2 Å². The molecular formula is C27H30N4O3S. The minimum atomic E-state index is -3.19. The van der Waals surface area contributed by atoms with Crippen molar-refractivity contribution >= 4 is 32.5 Å². The van der Waals surface area contributed by atoms with E-state index in [0.717, 1.165) is 59.8 Å². The zero-order chi connectivity index (χ0) is 24.0. The molecule has 0 spiro atoms. The van der Waals surface area contributed by atoms with Crippen molar-refractivity contribution in [3.05, 3.63) is 54.4 Å². The summed E-state index contributed by atoms with van der Waals surface area (Å²) in [7, 11) is -3.19. The number of hydrogen-bond donors (Lipinski definition) is 2. The number of carbonyl (C=O) groups is 1. The smallest absolute Gasteiger partial charge is 0.317 e. The van der Waals surface area contributed by atoms with Gasteiger partial charge in [-0.05, 0) is 61.4 Å². The summed E-state index contributed by atoms with van der Waals surface area (Å²) in [5, 5.41) is 4.01. The van der Waals surface area contributed by atoms with E-state index in [9.17, 15) is 13.2 Å². The molecule has 2 saturated carbocycles. The number of aromatic amines is 1. The second-order valence-corrected chi connectivity index (χ2v) is 12.2. The number of benzene rings is 1. The molecule has 0 radical (unpaired) electrons. The summed E-state index contributed by atoms with van der Waals surface area (Å²) in [6.07, 6.45) is 12.9. The first-order chi connectivity index (χ1) is 17.0. The van der Waals surface area contributed by atoms with Gasteiger partial charge in [0.2, 0.25) is 0 Å². The largest absolute Gasteiger partial charge is 0.346 e. The van der Waals surface area contributed by atoms with E-state index < -0.39 is 9.84 Å². The van der Waals surface area contributed by atoms with Gasteiger partial charge in [0.05, 0.1) is 10.1 Å². The fourth-order valence-corrected chi connectivity index (χ4v) is 6.93. The predicted molar refractivity (Wildman–Crippen MR) is 137 cm³/mol. The Hall–Kier alpha value is -3.13. The average molecular weight is 491 g/mol. The lowest BCUT2D eigenvalue weighted by molar-refractivity contribution is 0.199. The van der Waals surface area contributed by atoms with Gasteiger partial charge >= 0.3 is 6.03 Å². The maximum Gasteiger partial charge on any atom is 0.317 e. The molecule has 7 nitrogen and oxygen atoms in total. The fourth-order valence-electron chi connectivity index (χ4n) is 5.27. The molecule has 0 saturated heterocycles. The fraction of sp³-hybridized carbons (Fsp3) is 0.407. The molecule has 0 bridgehead atoms. The van der Waals surface area contributed by atoms with Gasteiger partial charge in [0.1, 0.15) is 5.65 Å². The summed E-state index contributed by atoms with van der Waals surface area (Å²) in [6.45, 7) is 1.30. The molecule has 0 unspecified atom stereocenters. The Morgan fingerprint density at radius 1 is 1.06 bits per heavy atom. The number of nitrogens with one attached hydrogen (secondary N) is 2. The van der Waals surface area contributed by atoms with Crippen LogP contribution in [0.1, 0.15) is 50.5 Å². The lowest BCUT2D eigenvalue weighted by atomic mass is 9.98. The molecule has 1 aliphatic heterocycles. The number of pyridine rings is 1. The van der Waals surface area contributed by atoms with Gasteiger partial charge < -0.3 is 15.2 Å². The summed E-state index contributed by atoms with van der Waals surface area (Å²) >= 11 is 0. The zero-order valence-corrected chi connectivity index (χ0v) is 20.5. The first kappa shape index (κ1) is 22.3. The number of urea groups is 1. The normalized spacial score (nSPS) is 19.2. The molecule has 8 heteroatoms. The van der Waals surface area contributed by atoms with Gasteiger partial charge in [0, 0.05) is 48.0 Å². The first-order valence-corrected chi connectivity index (χ1v) is 14.1. The van der Waals surface area contributed by atoms with Crippen LogP contribution in [-0.2, 0) is 9.84 Å². The predicted octanol–water partition coefficient (Wildman–Crippen LogP) is 4.91. The van der Waals surface area contributed by atoms with Gasteiger partial charge in [0.25, 0.3) is 0 Å². The van der Waals surface area contributed by atoms with E-state index in [4.69, 9.17) is 0 Å². The lowest BCUT2D eigenvalue weighted by Gasteiger charge is -2.28. The van der Waals surface area contributed by atoms with Crippen LogP contribution in [0.25, 0.3) is 27.7 Å². The maximum absolute atomic E-state index is 12.6. The highest BCUT2D eigenvalue weighted by molar-refractivity contribution is 7.92. The van der Waals surface area contributed by atoms with Crippen LogP contribution in [0.15, 0.2) is 53.7 Å². The Morgan fingerprint density at radius 2 is 1.83 bits per heavy atom. The summed E-state index contributed by atoms with van der Waals surface area (Å²) in [6, 6.07) is 9.63. The minimum Gasteiger partial charge on any atom is -0.346 e. The number of nitrogens with zero attached hydrogens (tertiary/aromatic N) is 2. The van der Waals surface area contributed by atoms with Crippen LogP contribution in [0.3, 0.4) is 0 Å². The van der Waals surface area contributed by atoms with Crippen LogP contribution in [0.2, 0.25) is 0 Å². The van der Waals surface area contributed by atoms with Gasteiger partial charge in [0.15, 0.2) is 9.84 Å². The third-order valence-electron chi connectivity index (χ3n) is 7.54. The number of sulfone groups is 1. The van der Waals surface area contributed by atoms with E-state index in [1.165, 1.54) is 18.4 Å². The Labute approximate surface area is 205 Å². The molecule has 3 heterocycles. The van der Waals surface area contributed by atoms with Crippen LogP contribution in [0.5, 0.6) is 0 Å². The number of carbonyl (C=O) groups excluding carboxylic acids is 1. The van der Waals surface area contributed by atoms with Crippen LogP contribution in [0.4, 0.5) is 4.79 Å². The molecule has 182 valence electrons. The zero-order valence-electron chi connectivity index (χ0n) is 19.7. The molecule has 2 aliphatic carbocycles. The summed E-state index contributed by atoms with van der Waals surface area (Å²) in [5.74, 6) is 0. The van der Waals surface area contributed by atoms with E-state index >= 15 is 0 Å². The molecule has 2 aromatic heterocycles. The van der Waals surface area contributed by atoms with Crippen LogP contribution >= 0.6 is 0 Å². The van der Waals surface area contributed by atoms with Crippen molar-refractivity contribution in [2.45, 2.75) is 61.1 Å². The number of aromatic nitrogens is 2. The topological polar surface area (TPSA) is 95.2 Å². The van der Waals surface area contributed by atoms with Crippen molar-refractivity contribution in [2.24, 2.45) is 0 Å². The average Bonchev–Trinajstić information content (AvgIpc) is 3.48. The number of amides is 2. The van der Waals surface area contributed by atoms with Crippen LogP contribution in [-0.4, -0.2) is 53.7 Å². The SMILES string of the molecule is O=C(NC1CCCC1)N1CC=C(c2c[nH]c3ncc(-c4ccc(S(=O)(=O)C5CC5)cc4)cc23)CC1. The molecule has 0 atom stereocenters. The molecule has 3 aliphatic rings. The van der Waals surface area contributed by atoms with Crippen molar-refractivity contribution in [3.63, 3.8) is 0 Å². The van der Waals surface area contributed by atoms with Crippen LogP contribution in [0, 0.1) is 0 Å². The van der Waals surface area contributed by atoms with Crippen molar-refractivity contribution in [1.29, 1.82) is 0 Å². The van der Waals surface area contributed by atoms with Gasteiger partial charge in [-0.25, -0.2) is 18.2 Å². The molecule has 3 aromatic rings. The summed E-state index contributed by atoms with van der Waals surface area (Å²) < 4.78 is 25.0. The third kappa shape index (κ3) is 4.35. The minimum absolute atomic E-state index is 0.0437. The Balaban J connectivity index is 1.21. The molecular weight excluding hydrogens is 460 g/mol. The van der Waals surface area contributed by atoms with E-state index in [1.54, 1.807) is 12.1 Å². The van der Waals surface area contributed by atoms with Gasteiger partial charge in [-0.15, -0.1) is 0 Å². The highest BCUT2D eigenvalue weighted by Gasteiger charge is 2.36. The van der Waals surface area contributed by atoms with Crippen LogP contribution < -0.4 is 5.32 Å². The molecule has 6 rings (SSSR count). The monoisotopic (exact) mass is 490 g/mol.